The van der Waals surface area contributed by atoms with Gasteiger partial charge in [-0.15, -0.1) is 11.3 Å². The van der Waals surface area contributed by atoms with Crippen molar-refractivity contribution in [3.63, 3.8) is 0 Å². The van der Waals surface area contributed by atoms with E-state index in [1.54, 1.807) is 11.3 Å². The molecule has 0 bridgehead atoms. The molecule has 0 aliphatic rings. The number of hydrogen-bond donors (Lipinski definition) is 0. The Kier molecular flexibility index (Phi) is 4.50. The predicted molar refractivity (Wildman–Crippen MR) is 101 cm³/mol. The van der Waals surface area contributed by atoms with Gasteiger partial charge in [-0.05, 0) is 26.0 Å². The van der Waals surface area contributed by atoms with E-state index < -0.39 is 0 Å². The molecule has 4 aromatic rings. The molecule has 0 aliphatic carbocycles. The van der Waals surface area contributed by atoms with Gasteiger partial charge < -0.3 is 9.26 Å². The van der Waals surface area contributed by atoms with Gasteiger partial charge in [0.25, 0.3) is 5.89 Å². The van der Waals surface area contributed by atoms with Crippen LogP contribution in [0.4, 0.5) is 0 Å². The second-order valence-corrected chi connectivity index (χ2v) is 6.92. The van der Waals surface area contributed by atoms with Gasteiger partial charge in [-0.1, -0.05) is 47.6 Å². The Morgan fingerprint density at radius 1 is 0.962 bits per heavy atom. The molecule has 4 rings (SSSR count). The molecule has 0 fully saturated rings. The van der Waals surface area contributed by atoms with Crippen molar-refractivity contribution in [2.45, 2.75) is 20.0 Å². The molecule has 2 heterocycles. The second kappa shape index (κ2) is 7.09. The number of rotatable bonds is 5. The zero-order valence-electron chi connectivity index (χ0n) is 14.4. The summed E-state index contributed by atoms with van der Waals surface area (Å²) in [6.45, 7) is 3.89. The number of hydrogen-bond acceptors (Lipinski definition) is 6. The smallest absolute Gasteiger partial charge is 0.267 e. The number of aromatic nitrogens is 3. The molecule has 0 saturated heterocycles. The van der Waals surface area contributed by atoms with E-state index in [9.17, 15) is 0 Å². The van der Waals surface area contributed by atoms with E-state index in [0.717, 1.165) is 27.6 Å². The Hall–Kier alpha value is -2.99. The highest BCUT2D eigenvalue weighted by Crippen LogP contribution is 2.26. The molecule has 0 amide bonds. The number of para-hydroxylation sites is 1. The summed E-state index contributed by atoms with van der Waals surface area (Å²) in [5.41, 5.74) is 2.95. The maximum atomic E-state index is 5.83. The Labute approximate surface area is 155 Å². The van der Waals surface area contributed by atoms with E-state index in [1.165, 1.54) is 0 Å². The molecule has 130 valence electrons. The maximum absolute atomic E-state index is 5.83. The molecule has 6 heteroatoms. The van der Waals surface area contributed by atoms with Crippen LogP contribution in [-0.4, -0.2) is 15.1 Å². The molecule has 0 spiro atoms. The normalized spacial score (nSPS) is 12.1. The van der Waals surface area contributed by atoms with E-state index in [0.29, 0.717) is 11.7 Å². The fourth-order valence-corrected chi connectivity index (χ4v) is 3.18. The van der Waals surface area contributed by atoms with Crippen LogP contribution in [0, 0.1) is 6.92 Å². The first-order valence-corrected chi connectivity index (χ1v) is 9.15. The minimum Gasteiger partial charge on any atom is -0.481 e. The molecule has 0 N–H and O–H groups in total. The molecule has 0 saturated carbocycles. The summed E-state index contributed by atoms with van der Waals surface area (Å²) in [4.78, 5) is 8.97. The van der Waals surface area contributed by atoms with Gasteiger partial charge in [0.2, 0.25) is 5.82 Å². The van der Waals surface area contributed by atoms with Crippen molar-refractivity contribution in [2.75, 3.05) is 0 Å². The molecule has 0 aliphatic heterocycles. The van der Waals surface area contributed by atoms with Crippen LogP contribution >= 0.6 is 11.3 Å². The van der Waals surface area contributed by atoms with Crippen molar-refractivity contribution in [3.8, 4) is 28.4 Å². The summed E-state index contributed by atoms with van der Waals surface area (Å²) >= 11 is 1.64. The van der Waals surface area contributed by atoms with Crippen molar-refractivity contribution in [3.05, 3.63) is 70.9 Å². The molecular formula is C20H17N3O2S. The highest BCUT2D eigenvalue weighted by molar-refractivity contribution is 7.09. The second-order valence-electron chi connectivity index (χ2n) is 5.86. The van der Waals surface area contributed by atoms with E-state index in [4.69, 9.17) is 9.26 Å². The van der Waals surface area contributed by atoms with E-state index in [2.05, 4.69) is 20.5 Å². The molecular weight excluding hydrogens is 346 g/mol. The fourth-order valence-electron chi connectivity index (χ4n) is 2.56. The van der Waals surface area contributed by atoms with Gasteiger partial charge in [0.05, 0.1) is 10.7 Å². The van der Waals surface area contributed by atoms with Crippen LogP contribution in [0.1, 0.15) is 23.9 Å². The van der Waals surface area contributed by atoms with E-state index in [-0.39, 0.29) is 6.10 Å². The lowest BCUT2D eigenvalue weighted by Crippen LogP contribution is -2.03. The third-order valence-electron chi connectivity index (χ3n) is 3.90. The summed E-state index contributed by atoms with van der Waals surface area (Å²) in [7, 11) is 0. The summed E-state index contributed by atoms with van der Waals surface area (Å²) in [5.74, 6) is 1.76. The van der Waals surface area contributed by atoms with Crippen molar-refractivity contribution >= 4 is 11.3 Å². The first-order chi connectivity index (χ1) is 12.7. The summed E-state index contributed by atoms with van der Waals surface area (Å²) in [6, 6.07) is 17.6. The average Bonchev–Trinajstić information content (AvgIpc) is 3.32. The van der Waals surface area contributed by atoms with Crippen LogP contribution in [0.2, 0.25) is 0 Å². The fraction of sp³-hybridized carbons (Fsp3) is 0.150. The number of benzene rings is 2. The Morgan fingerprint density at radius 2 is 1.69 bits per heavy atom. The Morgan fingerprint density at radius 3 is 2.38 bits per heavy atom. The SMILES string of the molecule is Cc1nc(-c2ccc(-c3noc(C(C)Oc4ccccc4)n3)cc2)cs1. The minimum absolute atomic E-state index is 0.323. The zero-order valence-corrected chi connectivity index (χ0v) is 15.2. The molecule has 26 heavy (non-hydrogen) atoms. The van der Waals surface area contributed by atoms with Gasteiger partial charge in [0, 0.05) is 16.5 Å². The Balaban J connectivity index is 1.50. The third-order valence-corrected chi connectivity index (χ3v) is 4.68. The van der Waals surface area contributed by atoms with Crippen LogP contribution in [0.15, 0.2) is 64.5 Å². The molecule has 5 nitrogen and oxygen atoms in total. The lowest BCUT2D eigenvalue weighted by Gasteiger charge is -2.09. The lowest BCUT2D eigenvalue weighted by atomic mass is 10.1. The van der Waals surface area contributed by atoms with E-state index in [1.807, 2.05) is 68.4 Å². The quantitative estimate of drug-likeness (QED) is 0.481. The largest absolute Gasteiger partial charge is 0.481 e. The van der Waals surface area contributed by atoms with Crippen LogP contribution < -0.4 is 4.74 Å². The van der Waals surface area contributed by atoms with Crippen LogP contribution in [0.25, 0.3) is 22.6 Å². The van der Waals surface area contributed by atoms with Crippen molar-refractivity contribution in [1.82, 2.24) is 15.1 Å². The molecule has 1 atom stereocenters. The number of nitrogens with zero attached hydrogens (tertiary/aromatic N) is 3. The zero-order chi connectivity index (χ0) is 17.9. The molecule has 1 unspecified atom stereocenters. The maximum Gasteiger partial charge on any atom is 0.267 e. The van der Waals surface area contributed by atoms with E-state index >= 15 is 0 Å². The first-order valence-electron chi connectivity index (χ1n) is 8.27. The highest BCUT2D eigenvalue weighted by Gasteiger charge is 2.17. The van der Waals surface area contributed by atoms with Crippen molar-refractivity contribution in [1.29, 1.82) is 0 Å². The minimum atomic E-state index is -0.323. The predicted octanol–water partition coefficient (Wildman–Crippen LogP) is 5.31. The molecule has 2 aromatic carbocycles. The number of ether oxygens (including phenoxy) is 1. The van der Waals surface area contributed by atoms with Gasteiger partial charge in [-0.2, -0.15) is 4.98 Å². The number of aryl methyl sites for hydroxylation is 1. The lowest BCUT2D eigenvalue weighted by molar-refractivity contribution is 0.176. The van der Waals surface area contributed by atoms with Gasteiger partial charge in [-0.25, -0.2) is 4.98 Å². The van der Waals surface area contributed by atoms with Gasteiger partial charge >= 0.3 is 0 Å². The number of thiazole rings is 1. The van der Waals surface area contributed by atoms with Gasteiger partial charge in [0.1, 0.15) is 5.75 Å². The molecule has 0 radical (unpaired) electrons. The summed E-state index contributed by atoms with van der Waals surface area (Å²) in [5, 5.41) is 7.19. The van der Waals surface area contributed by atoms with Crippen molar-refractivity contribution in [2.24, 2.45) is 0 Å². The standard InChI is InChI=1S/C20H17N3O2S/c1-13(24-17-6-4-3-5-7-17)20-22-19(23-25-20)16-10-8-15(9-11-16)18-12-26-14(2)21-18/h3-13H,1-2H3. The third kappa shape index (κ3) is 3.50. The topological polar surface area (TPSA) is 61.0 Å². The summed E-state index contributed by atoms with van der Waals surface area (Å²) < 4.78 is 11.2. The highest BCUT2D eigenvalue weighted by atomic mass is 32.1. The van der Waals surface area contributed by atoms with Crippen molar-refractivity contribution < 1.29 is 9.26 Å². The Bertz CT molecular complexity index is 993. The summed E-state index contributed by atoms with van der Waals surface area (Å²) in [6.07, 6.45) is -0.323. The van der Waals surface area contributed by atoms with Crippen LogP contribution in [-0.2, 0) is 0 Å². The van der Waals surface area contributed by atoms with Gasteiger partial charge in [-0.3, -0.25) is 0 Å². The first kappa shape index (κ1) is 16.5. The monoisotopic (exact) mass is 363 g/mol. The van der Waals surface area contributed by atoms with Gasteiger partial charge in [0.15, 0.2) is 6.10 Å². The van der Waals surface area contributed by atoms with Crippen LogP contribution in [0.3, 0.4) is 0 Å². The average molecular weight is 363 g/mol. The molecule has 2 aromatic heterocycles. The van der Waals surface area contributed by atoms with Crippen LogP contribution in [0.5, 0.6) is 5.75 Å².